The van der Waals surface area contributed by atoms with Crippen LogP contribution in [-0.2, 0) is 11.2 Å². The molecule has 1 aromatic heterocycles. The topological polar surface area (TPSA) is 75.6 Å². The minimum atomic E-state index is -4.83. The zero-order chi connectivity index (χ0) is 22.6. The fraction of sp³-hybridized carbons (Fsp3) is 0.143. The first-order valence-electron chi connectivity index (χ1n) is 8.84. The van der Waals surface area contributed by atoms with E-state index >= 15 is 0 Å². The van der Waals surface area contributed by atoms with E-state index in [0.29, 0.717) is 16.7 Å². The Hall–Kier alpha value is -3.40. The van der Waals surface area contributed by atoms with Crippen LogP contribution in [0.25, 0.3) is 11.1 Å². The van der Waals surface area contributed by atoms with E-state index in [1.807, 2.05) is 0 Å². The van der Waals surface area contributed by atoms with Crippen LogP contribution in [0.15, 0.2) is 60.0 Å². The highest BCUT2D eigenvalue weighted by Crippen LogP contribution is 2.29. The molecule has 5 nitrogen and oxygen atoms in total. The lowest BCUT2D eigenvalue weighted by molar-refractivity contribution is -0.274. The van der Waals surface area contributed by atoms with Gasteiger partial charge in [0.15, 0.2) is 0 Å². The van der Waals surface area contributed by atoms with E-state index in [0.717, 1.165) is 23.5 Å². The van der Waals surface area contributed by atoms with Crippen LogP contribution in [-0.4, -0.2) is 29.4 Å². The van der Waals surface area contributed by atoms with Crippen molar-refractivity contribution in [2.45, 2.75) is 18.8 Å². The van der Waals surface area contributed by atoms with Crippen molar-refractivity contribution in [3.63, 3.8) is 0 Å². The molecule has 0 radical (unpaired) electrons. The second-order valence-electron chi connectivity index (χ2n) is 6.43. The van der Waals surface area contributed by atoms with E-state index in [9.17, 15) is 32.3 Å². The molecule has 1 atom stereocenters. The average Bonchev–Trinajstić information content (AvgIpc) is 3.18. The Kier molecular flexibility index (Phi) is 6.59. The second-order valence-corrected chi connectivity index (χ2v) is 7.35. The first kappa shape index (κ1) is 22.3. The highest BCUT2D eigenvalue weighted by molar-refractivity contribution is 7.12. The van der Waals surface area contributed by atoms with Crippen LogP contribution in [0, 0.1) is 5.82 Å². The van der Waals surface area contributed by atoms with Crippen molar-refractivity contribution in [2.75, 3.05) is 0 Å². The number of carboxylic acids is 1. The molecule has 1 unspecified atom stereocenters. The Morgan fingerprint density at radius 3 is 2.26 bits per heavy atom. The van der Waals surface area contributed by atoms with Crippen molar-refractivity contribution in [1.29, 1.82) is 0 Å². The summed E-state index contributed by atoms with van der Waals surface area (Å²) in [4.78, 5) is 24.6. The van der Waals surface area contributed by atoms with Gasteiger partial charge in [0.2, 0.25) is 0 Å². The zero-order valence-electron chi connectivity index (χ0n) is 15.7. The molecule has 0 fully saturated rings. The maximum Gasteiger partial charge on any atom is 0.573 e. The summed E-state index contributed by atoms with van der Waals surface area (Å²) in [6, 6.07) is 10.6. The number of carbonyl (C=O) groups is 2. The molecule has 0 bridgehead atoms. The normalized spacial score (nSPS) is 12.3. The molecule has 3 aromatic rings. The van der Waals surface area contributed by atoms with Crippen molar-refractivity contribution >= 4 is 23.2 Å². The van der Waals surface area contributed by atoms with E-state index in [4.69, 9.17) is 0 Å². The van der Waals surface area contributed by atoms with Crippen molar-refractivity contribution < 1.29 is 37.0 Å². The van der Waals surface area contributed by atoms with Gasteiger partial charge in [-0.3, -0.25) is 4.79 Å². The summed E-state index contributed by atoms with van der Waals surface area (Å²) in [6.45, 7) is 0. The van der Waals surface area contributed by atoms with Crippen LogP contribution in [0.3, 0.4) is 0 Å². The van der Waals surface area contributed by atoms with Gasteiger partial charge in [0.1, 0.15) is 17.6 Å². The molecule has 0 aliphatic rings. The Morgan fingerprint density at radius 1 is 1.03 bits per heavy atom. The first-order valence-corrected chi connectivity index (χ1v) is 9.72. The molecule has 10 heteroatoms. The van der Waals surface area contributed by atoms with Gasteiger partial charge in [0, 0.05) is 12.0 Å². The second kappa shape index (κ2) is 9.17. The molecule has 1 amide bonds. The summed E-state index contributed by atoms with van der Waals surface area (Å²) in [6.07, 6.45) is -4.98. The number of carboxylic acid groups (broad SMARTS) is 1. The Bertz CT molecular complexity index is 1060. The zero-order valence-corrected chi connectivity index (χ0v) is 16.5. The maximum absolute atomic E-state index is 13.2. The third-order valence-corrected chi connectivity index (χ3v) is 5.14. The average molecular weight is 453 g/mol. The molecule has 1 heterocycles. The summed E-state index contributed by atoms with van der Waals surface area (Å²) in [5, 5.41) is 13.6. The summed E-state index contributed by atoms with van der Waals surface area (Å²) in [7, 11) is 0. The number of halogens is 4. The quantitative estimate of drug-likeness (QED) is 0.500. The first-order chi connectivity index (χ1) is 14.6. The number of amides is 1. The van der Waals surface area contributed by atoms with Gasteiger partial charge in [-0.25, -0.2) is 9.18 Å². The van der Waals surface area contributed by atoms with Crippen LogP contribution in [0.1, 0.15) is 15.2 Å². The number of aliphatic carboxylic acids is 1. The van der Waals surface area contributed by atoms with Crippen molar-refractivity contribution in [1.82, 2.24) is 5.32 Å². The third kappa shape index (κ3) is 6.05. The number of benzene rings is 2. The number of hydrogen-bond donors (Lipinski definition) is 2. The highest BCUT2D eigenvalue weighted by Gasteiger charge is 2.31. The van der Waals surface area contributed by atoms with Gasteiger partial charge in [-0.15, -0.1) is 24.5 Å². The fourth-order valence-corrected chi connectivity index (χ4v) is 3.65. The predicted octanol–water partition coefficient (Wildman–Crippen LogP) is 4.88. The van der Waals surface area contributed by atoms with Crippen LogP contribution in [0.5, 0.6) is 5.75 Å². The smallest absolute Gasteiger partial charge is 0.480 e. The van der Waals surface area contributed by atoms with Crippen LogP contribution >= 0.6 is 11.3 Å². The van der Waals surface area contributed by atoms with E-state index < -0.39 is 35.8 Å². The van der Waals surface area contributed by atoms with Crippen LogP contribution in [0.4, 0.5) is 17.6 Å². The van der Waals surface area contributed by atoms with Crippen molar-refractivity contribution in [2.24, 2.45) is 0 Å². The molecule has 2 aromatic carbocycles. The van der Waals surface area contributed by atoms with Gasteiger partial charge in [-0.1, -0.05) is 24.3 Å². The minimum Gasteiger partial charge on any atom is -0.480 e. The molecule has 3 rings (SSSR count). The summed E-state index contributed by atoms with van der Waals surface area (Å²) in [5.74, 6) is -2.79. The van der Waals surface area contributed by atoms with E-state index in [1.54, 1.807) is 11.4 Å². The molecule has 0 saturated carbocycles. The molecule has 0 aliphatic heterocycles. The van der Waals surface area contributed by atoms with E-state index in [1.165, 1.54) is 36.4 Å². The predicted molar refractivity (Wildman–Crippen MR) is 105 cm³/mol. The summed E-state index contributed by atoms with van der Waals surface area (Å²) >= 11 is 1.10. The molecule has 162 valence electrons. The van der Waals surface area contributed by atoms with Gasteiger partial charge >= 0.3 is 12.3 Å². The Balaban J connectivity index is 1.72. The lowest BCUT2D eigenvalue weighted by Crippen LogP contribution is -2.42. The van der Waals surface area contributed by atoms with E-state index in [2.05, 4.69) is 10.1 Å². The maximum atomic E-state index is 13.2. The number of nitrogens with one attached hydrogen (secondary N) is 1. The molecule has 2 N–H and O–H groups in total. The fourth-order valence-electron chi connectivity index (χ4n) is 2.83. The molecule has 31 heavy (non-hydrogen) atoms. The standard InChI is InChI=1S/C21H15F4NO4S/c22-14-5-3-13(4-6-14)16-9-10-31-18(16)19(27)26-17(20(28)29)11-12-1-7-15(8-2-12)30-21(23,24)25/h1-10,17H,11H2,(H,26,27)(H,28,29). The van der Waals surface area contributed by atoms with Crippen molar-refractivity contribution in [3.8, 4) is 16.9 Å². The van der Waals surface area contributed by atoms with Crippen LogP contribution < -0.4 is 10.1 Å². The highest BCUT2D eigenvalue weighted by atomic mass is 32.1. The van der Waals surface area contributed by atoms with Gasteiger partial charge in [0.05, 0.1) is 4.88 Å². The Labute approximate surface area is 177 Å². The molecule has 0 saturated heterocycles. The number of rotatable bonds is 7. The molecular formula is C21H15F4NO4S. The third-order valence-electron chi connectivity index (χ3n) is 4.23. The number of hydrogen-bond acceptors (Lipinski definition) is 4. The van der Waals surface area contributed by atoms with Crippen LogP contribution in [0.2, 0.25) is 0 Å². The van der Waals surface area contributed by atoms with Gasteiger partial charge in [-0.2, -0.15) is 0 Å². The molecule has 0 spiro atoms. The lowest BCUT2D eigenvalue weighted by atomic mass is 10.0. The van der Waals surface area contributed by atoms with Gasteiger partial charge in [0.25, 0.3) is 5.91 Å². The monoisotopic (exact) mass is 453 g/mol. The number of thiophene rings is 1. The van der Waals surface area contributed by atoms with Gasteiger partial charge < -0.3 is 15.2 Å². The summed E-state index contributed by atoms with van der Waals surface area (Å²) in [5.41, 5.74) is 1.52. The SMILES string of the molecule is O=C(NC(Cc1ccc(OC(F)(F)F)cc1)C(=O)O)c1sccc1-c1ccc(F)cc1. The Morgan fingerprint density at radius 2 is 1.68 bits per heavy atom. The summed E-state index contributed by atoms with van der Waals surface area (Å²) < 4.78 is 53.7. The number of carbonyl (C=O) groups excluding carboxylic acids is 1. The van der Waals surface area contributed by atoms with Crippen molar-refractivity contribution in [3.05, 3.63) is 76.2 Å². The largest absolute Gasteiger partial charge is 0.573 e. The van der Waals surface area contributed by atoms with Gasteiger partial charge in [-0.05, 0) is 46.8 Å². The van der Waals surface area contributed by atoms with E-state index in [-0.39, 0.29) is 11.3 Å². The number of ether oxygens (including phenoxy) is 1. The lowest BCUT2D eigenvalue weighted by Gasteiger charge is -2.15. The number of alkyl halides is 3. The minimum absolute atomic E-state index is 0.148. The molecular weight excluding hydrogens is 438 g/mol. The molecule has 0 aliphatic carbocycles.